The van der Waals surface area contributed by atoms with E-state index in [1.54, 1.807) is 6.07 Å². The molecule has 0 amide bonds. The smallest absolute Gasteiger partial charge is 0.258 e. The zero-order valence-electron chi connectivity index (χ0n) is 7.82. The molecule has 8 heteroatoms. The predicted octanol–water partition coefficient (Wildman–Crippen LogP) is 2.12. The summed E-state index contributed by atoms with van der Waals surface area (Å²) in [6.45, 7) is 0. The average Bonchev–Trinajstić information content (AvgIpc) is 2.25. The maximum absolute atomic E-state index is 10.6. The summed E-state index contributed by atoms with van der Waals surface area (Å²) in [5.74, 6) is -0.0777. The lowest BCUT2D eigenvalue weighted by atomic mass is 10.3. The maximum Gasteiger partial charge on any atom is 0.289 e. The van der Waals surface area contributed by atoms with Gasteiger partial charge in [0.25, 0.3) is 11.4 Å². The van der Waals surface area contributed by atoms with E-state index in [4.69, 9.17) is 5.26 Å². The van der Waals surface area contributed by atoms with Gasteiger partial charge in [-0.3, -0.25) is 20.2 Å². The van der Waals surface area contributed by atoms with Crippen molar-refractivity contribution in [3.05, 3.63) is 38.4 Å². The second kappa shape index (κ2) is 5.09. The summed E-state index contributed by atoms with van der Waals surface area (Å²) in [6, 6.07) is 5.36. The van der Waals surface area contributed by atoms with Crippen molar-refractivity contribution in [2.75, 3.05) is 5.75 Å². The van der Waals surface area contributed by atoms with Gasteiger partial charge in [-0.15, -0.1) is 0 Å². The lowest BCUT2D eigenvalue weighted by molar-refractivity contribution is -0.399. The van der Waals surface area contributed by atoms with E-state index in [9.17, 15) is 20.2 Å². The van der Waals surface area contributed by atoms with Crippen molar-refractivity contribution in [1.82, 2.24) is 0 Å². The second-order valence-electron chi connectivity index (χ2n) is 2.59. The topological polar surface area (TPSA) is 110 Å². The second-order valence-corrected chi connectivity index (χ2v) is 3.57. The van der Waals surface area contributed by atoms with Gasteiger partial charge in [0.1, 0.15) is 0 Å². The lowest BCUT2D eigenvalue weighted by Crippen LogP contribution is -1.96. The van der Waals surface area contributed by atoms with Gasteiger partial charge in [0.2, 0.25) is 0 Å². The van der Waals surface area contributed by atoms with E-state index < -0.39 is 9.85 Å². The Morgan fingerprint density at radius 1 is 1.25 bits per heavy atom. The Hall–Kier alpha value is -2.14. The van der Waals surface area contributed by atoms with Gasteiger partial charge >= 0.3 is 0 Å². The minimum atomic E-state index is -0.702. The van der Waals surface area contributed by atoms with Gasteiger partial charge in [0.05, 0.1) is 21.7 Å². The molecule has 0 atom stereocenters. The molecule has 0 aliphatic heterocycles. The van der Waals surface area contributed by atoms with E-state index in [2.05, 4.69) is 0 Å². The summed E-state index contributed by atoms with van der Waals surface area (Å²) >= 11 is 0.786. The van der Waals surface area contributed by atoms with E-state index in [1.807, 2.05) is 0 Å². The summed E-state index contributed by atoms with van der Waals surface area (Å²) in [7, 11) is 0. The van der Waals surface area contributed by atoms with Crippen molar-refractivity contribution in [3.8, 4) is 6.07 Å². The Bertz CT molecular complexity index is 450. The van der Waals surface area contributed by atoms with Crippen LogP contribution in [0.2, 0.25) is 0 Å². The van der Waals surface area contributed by atoms with Crippen LogP contribution in [0, 0.1) is 31.6 Å². The van der Waals surface area contributed by atoms with Crippen LogP contribution in [-0.4, -0.2) is 15.6 Å². The van der Waals surface area contributed by atoms with Crippen LogP contribution in [0.1, 0.15) is 0 Å². The zero-order chi connectivity index (χ0) is 12.1. The van der Waals surface area contributed by atoms with Gasteiger partial charge in [-0.05, 0) is 6.07 Å². The fraction of sp³-hybridized carbons (Fsp3) is 0.125. The summed E-state index contributed by atoms with van der Waals surface area (Å²) in [6.07, 6.45) is 0. The molecule has 0 aromatic heterocycles. The van der Waals surface area contributed by atoms with E-state index in [0.29, 0.717) is 0 Å². The number of hydrogen-bond acceptors (Lipinski definition) is 6. The number of hydrogen-bond donors (Lipinski definition) is 0. The Labute approximate surface area is 94.0 Å². The van der Waals surface area contributed by atoms with E-state index in [1.165, 1.54) is 18.2 Å². The minimum Gasteiger partial charge on any atom is -0.258 e. The van der Waals surface area contributed by atoms with Crippen LogP contribution >= 0.6 is 11.8 Å². The third kappa shape index (κ3) is 2.46. The molecule has 0 heterocycles. The fourth-order valence-corrected chi connectivity index (χ4v) is 1.84. The highest BCUT2D eigenvalue weighted by Gasteiger charge is 2.24. The molecule has 1 aromatic rings. The molecule has 0 aliphatic rings. The SMILES string of the molecule is N#CCSc1c([N+](=O)[O-])cccc1[N+](=O)[O-]. The third-order valence-corrected chi connectivity index (χ3v) is 2.63. The monoisotopic (exact) mass is 239 g/mol. The number of nitriles is 1. The highest BCUT2D eigenvalue weighted by atomic mass is 32.2. The van der Waals surface area contributed by atoms with Crippen LogP contribution in [0.15, 0.2) is 23.1 Å². The van der Waals surface area contributed by atoms with Gasteiger partial charge in [0, 0.05) is 12.1 Å². The molecule has 0 aliphatic carbocycles. The van der Waals surface area contributed by atoms with Gasteiger partial charge in [-0.1, -0.05) is 11.8 Å². The Morgan fingerprint density at radius 3 is 2.12 bits per heavy atom. The summed E-state index contributed by atoms with van der Waals surface area (Å²) in [5, 5.41) is 29.7. The Morgan fingerprint density at radius 2 is 1.75 bits per heavy atom. The normalized spacial score (nSPS) is 9.44. The molecular weight excluding hydrogens is 234 g/mol. The molecule has 1 aromatic carbocycles. The first-order valence-electron chi connectivity index (χ1n) is 3.99. The fourth-order valence-electron chi connectivity index (χ4n) is 1.05. The average molecular weight is 239 g/mol. The van der Waals surface area contributed by atoms with Crippen LogP contribution in [0.4, 0.5) is 11.4 Å². The largest absolute Gasteiger partial charge is 0.289 e. The van der Waals surface area contributed by atoms with E-state index in [-0.39, 0.29) is 22.0 Å². The highest BCUT2D eigenvalue weighted by Crippen LogP contribution is 2.36. The van der Waals surface area contributed by atoms with E-state index >= 15 is 0 Å². The third-order valence-electron chi connectivity index (χ3n) is 1.65. The molecule has 82 valence electrons. The molecule has 0 N–H and O–H groups in total. The number of nitrogens with zero attached hydrogens (tertiary/aromatic N) is 3. The molecule has 0 unspecified atom stereocenters. The number of thioether (sulfide) groups is 1. The zero-order valence-corrected chi connectivity index (χ0v) is 8.64. The molecule has 0 saturated heterocycles. The first-order chi connectivity index (χ1) is 7.57. The molecule has 16 heavy (non-hydrogen) atoms. The number of nitro benzene ring substituents is 2. The first kappa shape index (κ1) is 11.9. The van der Waals surface area contributed by atoms with Crippen LogP contribution in [-0.2, 0) is 0 Å². The van der Waals surface area contributed by atoms with Gasteiger partial charge in [-0.25, -0.2) is 0 Å². The van der Waals surface area contributed by atoms with Crippen molar-refractivity contribution in [2.24, 2.45) is 0 Å². The quantitative estimate of drug-likeness (QED) is 0.452. The van der Waals surface area contributed by atoms with Crippen LogP contribution in [0.5, 0.6) is 0 Å². The summed E-state index contributed by atoms with van der Waals surface area (Å²) in [5.41, 5.74) is -0.705. The molecule has 0 bridgehead atoms. The van der Waals surface area contributed by atoms with Crippen molar-refractivity contribution >= 4 is 23.1 Å². The maximum atomic E-state index is 10.6. The van der Waals surface area contributed by atoms with Gasteiger partial charge in [0.15, 0.2) is 4.90 Å². The molecule has 0 saturated carbocycles. The van der Waals surface area contributed by atoms with Crippen molar-refractivity contribution in [3.63, 3.8) is 0 Å². The van der Waals surface area contributed by atoms with Crippen molar-refractivity contribution in [2.45, 2.75) is 4.90 Å². The first-order valence-corrected chi connectivity index (χ1v) is 4.98. The van der Waals surface area contributed by atoms with Crippen molar-refractivity contribution in [1.29, 1.82) is 5.26 Å². The predicted molar refractivity (Wildman–Crippen MR) is 56.1 cm³/mol. The Balaban J connectivity index is 3.30. The standard InChI is InChI=1S/C8H5N3O4S/c9-4-5-16-8-6(10(12)13)2-1-3-7(8)11(14)15/h1-3H,5H2. The van der Waals surface area contributed by atoms with Gasteiger partial charge in [-0.2, -0.15) is 5.26 Å². The number of rotatable bonds is 4. The highest BCUT2D eigenvalue weighted by molar-refractivity contribution is 7.99. The molecule has 7 nitrogen and oxygen atoms in total. The lowest BCUT2D eigenvalue weighted by Gasteiger charge is -2.00. The number of benzene rings is 1. The summed E-state index contributed by atoms with van der Waals surface area (Å²) in [4.78, 5) is 19.8. The number of nitro groups is 2. The van der Waals surface area contributed by atoms with Crippen LogP contribution in [0.3, 0.4) is 0 Å². The molecule has 1 rings (SSSR count). The molecule has 0 radical (unpaired) electrons. The minimum absolute atomic E-state index is 0.0777. The van der Waals surface area contributed by atoms with Gasteiger partial charge < -0.3 is 0 Å². The molecule has 0 spiro atoms. The van der Waals surface area contributed by atoms with Crippen LogP contribution < -0.4 is 0 Å². The summed E-state index contributed by atoms with van der Waals surface area (Å²) < 4.78 is 0. The Kier molecular flexibility index (Phi) is 3.79. The molecular formula is C8H5N3O4S. The van der Waals surface area contributed by atoms with E-state index in [0.717, 1.165) is 11.8 Å². The molecule has 0 fully saturated rings. The van der Waals surface area contributed by atoms with Crippen molar-refractivity contribution < 1.29 is 9.85 Å². The van der Waals surface area contributed by atoms with Crippen LogP contribution in [0.25, 0.3) is 0 Å².